The van der Waals surface area contributed by atoms with Crippen LogP contribution in [0.15, 0.2) is 18.2 Å². The number of fused-ring (bicyclic) bond motifs is 2. The fourth-order valence-corrected chi connectivity index (χ4v) is 8.17. The van der Waals surface area contributed by atoms with Gasteiger partial charge in [0.15, 0.2) is 0 Å². The average molecular weight is 595 g/mol. The van der Waals surface area contributed by atoms with Crippen molar-refractivity contribution in [3.05, 3.63) is 49.1 Å². The van der Waals surface area contributed by atoms with Gasteiger partial charge in [-0.2, -0.15) is 0 Å². The first-order valence-corrected chi connectivity index (χ1v) is 15.2. The predicted octanol–water partition coefficient (Wildman–Crippen LogP) is 6.11. The second-order valence-electron chi connectivity index (χ2n) is 9.62. The number of carbonyl (C=O) groups is 3. The number of anilines is 1. The molecule has 0 saturated carbocycles. The number of carbonyl (C=O) groups excluding carboxylic acids is 3. The molecule has 0 bridgehead atoms. The third-order valence-corrected chi connectivity index (χ3v) is 10.2. The molecular weight excluding hydrogens is 565 g/mol. The minimum Gasteiger partial charge on any atom is -0.465 e. The zero-order valence-electron chi connectivity index (χ0n) is 21.1. The molecule has 1 aliphatic carbocycles. The molecule has 11 heteroatoms. The summed E-state index contributed by atoms with van der Waals surface area (Å²) >= 11 is 15.5. The molecule has 1 saturated heterocycles. The van der Waals surface area contributed by atoms with Crippen LogP contribution >= 0.6 is 45.9 Å². The average Bonchev–Trinajstić information content (AvgIpc) is 3.39. The van der Waals surface area contributed by atoms with Gasteiger partial charge in [0.25, 0.3) is 5.91 Å². The van der Waals surface area contributed by atoms with Gasteiger partial charge in [-0.15, -0.1) is 22.7 Å². The summed E-state index contributed by atoms with van der Waals surface area (Å²) in [5, 5.41) is 5.46. The number of benzene rings is 1. The Balaban J connectivity index is 1.21. The molecule has 1 fully saturated rings. The number of halogens is 2. The van der Waals surface area contributed by atoms with E-state index in [-0.39, 0.29) is 18.4 Å². The number of piperazine rings is 1. The predicted molar refractivity (Wildman–Crippen MR) is 154 cm³/mol. The van der Waals surface area contributed by atoms with Gasteiger partial charge in [0.05, 0.1) is 24.2 Å². The van der Waals surface area contributed by atoms with Gasteiger partial charge in [-0.3, -0.25) is 14.5 Å². The lowest BCUT2D eigenvalue weighted by Gasteiger charge is -2.34. The van der Waals surface area contributed by atoms with Crippen LogP contribution in [-0.2, 0) is 22.4 Å². The third kappa shape index (κ3) is 5.72. The van der Waals surface area contributed by atoms with E-state index in [1.54, 1.807) is 11.0 Å². The number of esters is 1. The molecule has 0 atom stereocenters. The van der Waals surface area contributed by atoms with Gasteiger partial charge in [-0.05, 0) is 43.4 Å². The standard InChI is InChI=1S/C27H29Cl2N3O4S2/c1-36-27(35)22-17-6-4-2-3-5-7-19(17)38-25(22)30-21(33)15-31-10-12-32(13-11-31)26(34)24-23(29)18-9-8-16(28)14-20(18)37-24/h8-9,14H,2-7,10-13,15H2,1H3,(H,30,33). The van der Waals surface area contributed by atoms with Crippen molar-refractivity contribution in [2.45, 2.75) is 38.5 Å². The summed E-state index contributed by atoms with van der Waals surface area (Å²) in [5.41, 5.74) is 1.55. The van der Waals surface area contributed by atoms with E-state index in [0.717, 1.165) is 47.8 Å². The number of thiophene rings is 2. The Labute approximate surface area is 239 Å². The summed E-state index contributed by atoms with van der Waals surface area (Å²) in [7, 11) is 1.38. The van der Waals surface area contributed by atoms with E-state index < -0.39 is 5.97 Å². The Hall–Kier alpha value is -2.17. The normalized spacial score (nSPS) is 16.6. The maximum Gasteiger partial charge on any atom is 0.341 e. The van der Waals surface area contributed by atoms with E-state index in [1.807, 2.05) is 17.0 Å². The highest BCUT2D eigenvalue weighted by molar-refractivity contribution is 7.21. The number of nitrogens with one attached hydrogen (secondary N) is 1. The topological polar surface area (TPSA) is 79.0 Å². The van der Waals surface area contributed by atoms with Crippen LogP contribution in [0.4, 0.5) is 5.00 Å². The molecule has 3 heterocycles. The minimum absolute atomic E-state index is 0.102. The lowest BCUT2D eigenvalue weighted by Crippen LogP contribution is -2.50. The first-order chi connectivity index (χ1) is 18.4. The van der Waals surface area contributed by atoms with E-state index in [4.69, 9.17) is 27.9 Å². The molecular formula is C27H29Cl2N3O4S2. The highest BCUT2D eigenvalue weighted by atomic mass is 35.5. The fourth-order valence-electron chi connectivity index (χ4n) is 5.12. The molecule has 0 radical (unpaired) electrons. The van der Waals surface area contributed by atoms with Gasteiger partial charge in [0.1, 0.15) is 9.88 Å². The van der Waals surface area contributed by atoms with E-state index in [9.17, 15) is 14.4 Å². The number of methoxy groups -OCH3 is 1. The molecule has 0 unspecified atom stereocenters. The number of hydrogen-bond donors (Lipinski definition) is 1. The Morgan fingerprint density at radius 2 is 1.74 bits per heavy atom. The van der Waals surface area contributed by atoms with Gasteiger partial charge < -0.3 is 15.0 Å². The van der Waals surface area contributed by atoms with Crippen LogP contribution in [-0.4, -0.2) is 67.4 Å². The quantitative estimate of drug-likeness (QED) is 0.361. The van der Waals surface area contributed by atoms with Gasteiger partial charge in [-0.25, -0.2) is 4.79 Å². The van der Waals surface area contributed by atoms with Crippen LogP contribution in [0.2, 0.25) is 10.0 Å². The van der Waals surface area contributed by atoms with E-state index in [2.05, 4.69) is 5.32 Å². The maximum absolute atomic E-state index is 13.2. The molecule has 2 aromatic heterocycles. The van der Waals surface area contributed by atoms with Gasteiger partial charge in [0.2, 0.25) is 5.91 Å². The van der Waals surface area contributed by atoms with Crippen LogP contribution in [0.25, 0.3) is 10.1 Å². The van der Waals surface area contributed by atoms with Gasteiger partial charge in [0, 0.05) is 46.2 Å². The van der Waals surface area contributed by atoms with E-state index >= 15 is 0 Å². The van der Waals surface area contributed by atoms with Crippen molar-refractivity contribution in [3.63, 3.8) is 0 Å². The first-order valence-electron chi connectivity index (χ1n) is 12.8. The van der Waals surface area contributed by atoms with E-state index in [0.29, 0.717) is 51.7 Å². The number of aryl methyl sites for hydroxylation is 1. The molecule has 0 spiro atoms. The molecule has 1 aliphatic heterocycles. The maximum atomic E-state index is 13.2. The zero-order valence-corrected chi connectivity index (χ0v) is 24.3. The summed E-state index contributed by atoms with van der Waals surface area (Å²) in [4.78, 5) is 44.3. The number of ether oxygens (including phenoxy) is 1. The molecule has 1 N–H and O–H groups in total. The summed E-state index contributed by atoms with van der Waals surface area (Å²) < 4.78 is 5.95. The second kappa shape index (κ2) is 11.9. The van der Waals surface area contributed by atoms with Crippen molar-refractivity contribution in [2.24, 2.45) is 0 Å². The molecule has 1 aromatic carbocycles. The van der Waals surface area contributed by atoms with Crippen LogP contribution < -0.4 is 5.32 Å². The van der Waals surface area contributed by atoms with Gasteiger partial charge >= 0.3 is 5.97 Å². The van der Waals surface area contributed by atoms with Crippen molar-refractivity contribution in [1.29, 1.82) is 0 Å². The van der Waals surface area contributed by atoms with Crippen molar-refractivity contribution in [3.8, 4) is 0 Å². The van der Waals surface area contributed by atoms with Crippen molar-refractivity contribution < 1.29 is 19.1 Å². The van der Waals surface area contributed by atoms with Gasteiger partial charge in [-0.1, -0.05) is 42.1 Å². The Kier molecular flexibility index (Phi) is 8.59. The molecule has 5 rings (SSSR count). The number of amides is 2. The zero-order chi connectivity index (χ0) is 26.8. The van der Waals surface area contributed by atoms with Crippen LogP contribution in [0, 0.1) is 0 Å². The number of hydrogen-bond acceptors (Lipinski definition) is 7. The Morgan fingerprint density at radius 1 is 1.00 bits per heavy atom. The third-order valence-electron chi connectivity index (χ3n) is 7.13. The molecule has 7 nitrogen and oxygen atoms in total. The van der Waals surface area contributed by atoms with Crippen molar-refractivity contribution in [1.82, 2.24) is 9.80 Å². The fraction of sp³-hybridized carbons (Fsp3) is 0.444. The lowest BCUT2D eigenvalue weighted by atomic mass is 9.96. The summed E-state index contributed by atoms with van der Waals surface area (Å²) in [6, 6.07) is 5.42. The molecule has 2 aliphatic rings. The Bertz CT molecular complexity index is 1380. The molecule has 202 valence electrons. The Morgan fingerprint density at radius 3 is 2.47 bits per heavy atom. The largest absolute Gasteiger partial charge is 0.465 e. The number of rotatable bonds is 5. The smallest absolute Gasteiger partial charge is 0.341 e. The van der Waals surface area contributed by atoms with Crippen molar-refractivity contribution >= 4 is 78.7 Å². The van der Waals surface area contributed by atoms with Crippen LogP contribution in [0.1, 0.15) is 56.2 Å². The molecule has 38 heavy (non-hydrogen) atoms. The van der Waals surface area contributed by atoms with Crippen LogP contribution in [0.5, 0.6) is 0 Å². The highest BCUT2D eigenvalue weighted by Crippen LogP contribution is 2.39. The van der Waals surface area contributed by atoms with Crippen molar-refractivity contribution in [2.75, 3.05) is 45.2 Å². The minimum atomic E-state index is -0.396. The summed E-state index contributed by atoms with van der Waals surface area (Å²) in [6.45, 7) is 2.32. The monoisotopic (exact) mass is 593 g/mol. The second-order valence-corrected chi connectivity index (χ2v) is 12.6. The van der Waals surface area contributed by atoms with Crippen LogP contribution in [0.3, 0.4) is 0 Å². The van der Waals surface area contributed by atoms with E-state index in [1.165, 1.54) is 41.1 Å². The summed E-state index contributed by atoms with van der Waals surface area (Å²) in [6.07, 6.45) is 6.21. The number of nitrogens with zero attached hydrogens (tertiary/aromatic N) is 2. The highest BCUT2D eigenvalue weighted by Gasteiger charge is 2.29. The molecule has 2 amide bonds. The first kappa shape index (κ1) is 27.4. The lowest BCUT2D eigenvalue weighted by molar-refractivity contribution is -0.117. The summed E-state index contributed by atoms with van der Waals surface area (Å²) in [5.74, 6) is -0.670. The molecule has 3 aromatic rings. The SMILES string of the molecule is COC(=O)c1c(NC(=O)CN2CCN(C(=O)c3sc4cc(Cl)ccc4c3Cl)CC2)sc2c1CCCCCC2.